The summed E-state index contributed by atoms with van der Waals surface area (Å²) in [6.07, 6.45) is 1.00. The molecule has 3 heterocycles. The van der Waals surface area contributed by atoms with Crippen LogP contribution in [0.25, 0.3) is 22.1 Å². The Kier molecular flexibility index (Phi) is 5.85. The van der Waals surface area contributed by atoms with Gasteiger partial charge in [0, 0.05) is 12.6 Å². The zero-order valence-corrected chi connectivity index (χ0v) is 16.9. The van der Waals surface area contributed by atoms with Gasteiger partial charge in [0.15, 0.2) is 5.76 Å². The third-order valence-electron chi connectivity index (χ3n) is 4.18. The molecule has 0 saturated carbocycles. The first-order valence-corrected chi connectivity index (χ1v) is 10.3. The van der Waals surface area contributed by atoms with E-state index in [2.05, 4.69) is 27.2 Å². The Morgan fingerprint density at radius 1 is 1.11 bits per heavy atom. The second kappa shape index (κ2) is 8.68. The summed E-state index contributed by atoms with van der Waals surface area (Å²) in [5.41, 5.74) is 1.62. The monoisotopic (exact) mass is 414 g/mol. The van der Waals surface area contributed by atoms with Gasteiger partial charge < -0.3 is 8.94 Å². The van der Waals surface area contributed by atoms with Crippen LogP contribution in [0, 0.1) is 0 Å². The van der Waals surface area contributed by atoms with Gasteiger partial charge >= 0.3 is 0 Å². The van der Waals surface area contributed by atoms with E-state index in [0.717, 1.165) is 34.9 Å². The lowest BCUT2D eigenvalue weighted by Crippen LogP contribution is -2.24. The standard InChI is InChI=1S/C20H19ClN4O2S/c1-2-9-25(12-14-11-17(27-24-14)18-8-5-10-28-18)13-19-22-23-20(26-19)15-6-3-4-7-16(15)21/h3-8,10-11H,2,9,12-13H2,1H3. The number of hydrogen-bond acceptors (Lipinski definition) is 7. The van der Waals surface area contributed by atoms with Crippen molar-refractivity contribution >= 4 is 22.9 Å². The van der Waals surface area contributed by atoms with E-state index >= 15 is 0 Å². The minimum absolute atomic E-state index is 0.429. The third-order valence-corrected chi connectivity index (χ3v) is 5.39. The Morgan fingerprint density at radius 2 is 2.00 bits per heavy atom. The molecule has 0 aliphatic rings. The second-order valence-electron chi connectivity index (χ2n) is 6.35. The SMILES string of the molecule is CCCN(Cc1cc(-c2cccs2)on1)Cc1nnc(-c2ccccc2Cl)o1. The maximum atomic E-state index is 6.22. The Hall–Kier alpha value is -2.48. The van der Waals surface area contributed by atoms with E-state index in [4.69, 9.17) is 20.5 Å². The van der Waals surface area contributed by atoms with Crippen LogP contribution >= 0.6 is 22.9 Å². The highest BCUT2D eigenvalue weighted by atomic mass is 35.5. The molecule has 0 unspecified atom stereocenters. The van der Waals surface area contributed by atoms with Crippen molar-refractivity contribution < 1.29 is 8.94 Å². The van der Waals surface area contributed by atoms with Crippen molar-refractivity contribution in [2.75, 3.05) is 6.54 Å². The fraction of sp³-hybridized carbons (Fsp3) is 0.250. The Morgan fingerprint density at radius 3 is 2.79 bits per heavy atom. The normalized spacial score (nSPS) is 11.4. The van der Waals surface area contributed by atoms with Gasteiger partial charge in [-0.05, 0) is 36.5 Å². The molecule has 28 heavy (non-hydrogen) atoms. The summed E-state index contributed by atoms with van der Waals surface area (Å²) < 4.78 is 11.3. The predicted octanol–water partition coefficient (Wildman–Crippen LogP) is 5.52. The average molecular weight is 415 g/mol. The second-order valence-corrected chi connectivity index (χ2v) is 7.71. The predicted molar refractivity (Wildman–Crippen MR) is 109 cm³/mol. The molecule has 0 saturated heterocycles. The van der Waals surface area contributed by atoms with Crippen LogP contribution in [0.2, 0.25) is 5.02 Å². The molecular formula is C20H19ClN4O2S. The highest BCUT2D eigenvalue weighted by Crippen LogP contribution is 2.27. The van der Waals surface area contributed by atoms with Crippen molar-refractivity contribution in [1.82, 2.24) is 20.3 Å². The summed E-state index contributed by atoms with van der Waals surface area (Å²) >= 11 is 7.85. The quantitative estimate of drug-likeness (QED) is 0.378. The van der Waals surface area contributed by atoms with E-state index in [1.54, 1.807) is 17.4 Å². The van der Waals surface area contributed by atoms with Crippen LogP contribution in [-0.4, -0.2) is 26.8 Å². The Labute approximate surface area is 171 Å². The molecule has 8 heteroatoms. The molecule has 4 aromatic rings. The van der Waals surface area contributed by atoms with Gasteiger partial charge in [0.2, 0.25) is 11.8 Å². The van der Waals surface area contributed by atoms with Crippen LogP contribution in [0.3, 0.4) is 0 Å². The van der Waals surface area contributed by atoms with Gasteiger partial charge in [0.25, 0.3) is 0 Å². The molecule has 144 valence electrons. The first kappa shape index (κ1) is 18.9. The van der Waals surface area contributed by atoms with Crippen LogP contribution in [-0.2, 0) is 13.1 Å². The molecule has 0 aliphatic heterocycles. The van der Waals surface area contributed by atoms with Crippen LogP contribution in [0.15, 0.2) is 56.8 Å². The summed E-state index contributed by atoms with van der Waals surface area (Å²) in [6, 6.07) is 13.4. The first-order chi connectivity index (χ1) is 13.7. The van der Waals surface area contributed by atoms with Crippen molar-refractivity contribution in [3.63, 3.8) is 0 Å². The summed E-state index contributed by atoms with van der Waals surface area (Å²) in [7, 11) is 0. The van der Waals surface area contributed by atoms with Crippen LogP contribution in [0.1, 0.15) is 24.9 Å². The largest absolute Gasteiger partial charge is 0.419 e. The van der Waals surface area contributed by atoms with Crippen LogP contribution in [0.5, 0.6) is 0 Å². The minimum atomic E-state index is 0.429. The van der Waals surface area contributed by atoms with Gasteiger partial charge in [0.05, 0.1) is 27.7 Å². The molecule has 0 bridgehead atoms. The molecular weight excluding hydrogens is 396 g/mol. The van der Waals surface area contributed by atoms with Crippen molar-refractivity contribution in [2.45, 2.75) is 26.4 Å². The maximum absolute atomic E-state index is 6.22. The number of nitrogens with zero attached hydrogens (tertiary/aromatic N) is 4. The van der Waals surface area contributed by atoms with Gasteiger partial charge in [-0.25, -0.2) is 0 Å². The molecule has 0 amide bonds. The average Bonchev–Trinajstić information content (AvgIpc) is 3.44. The van der Waals surface area contributed by atoms with Gasteiger partial charge in [0.1, 0.15) is 0 Å². The Balaban J connectivity index is 1.46. The van der Waals surface area contributed by atoms with Gasteiger partial charge in [-0.2, -0.15) is 0 Å². The Bertz CT molecular complexity index is 1030. The van der Waals surface area contributed by atoms with E-state index < -0.39 is 0 Å². The molecule has 4 rings (SSSR count). The van der Waals surface area contributed by atoms with E-state index in [0.29, 0.717) is 29.9 Å². The lowest BCUT2D eigenvalue weighted by Gasteiger charge is -2.17. The van der Waals surface area contributed by atoms with E-state index in [1.807, 2.05) is 41.8 Å². The molecule has 0 spiro atoms. The topological polar surface area (TPSA) is 68.2 Å². The first-order valence-electron chi connectivity index (χ1n) is 9.02. The van der Waals surface area contributed by atoms with Crippen LogP contribution < -0.4 is 0 Å². The van der Waals surface area contributed by atoms with Gasteiger partial charge in [-0.1, -0.05) is 41.9 Å². The fourth-order valence-corrected chi connectivity index (χ4v) is 3.82. The summed E-state index contributed by atoms with van der Waals surface area (Å²) in [4.78, 5) is 3.28. The molecule has 0 atom stereocenters. The van der Waals surface area contributed by atoms with Crippen molar-refractivity contribution in [2.24, 2.45) is 0 Å². The molecule has 6 nitrogen and oxygen atoms in total. The molecule has 1 aromatic carbocycles. The van der Waals surface area contributed by atoms with Crippen molar-refractivity contribution in [3.8, 4) is 22.1 Å². The highest BCUT2D eigenvalue weighted by Gasteiger charge is 2.16. The number of halogens is 1. The maximum Gasteiger partial charge on any atom is 0.249 e. The molecule has 0 fully saturated rings. The number of aromatic nitrogens is 3. The van der Waals surface area contributed by atoms with E-state index in [1.165, 1.54) is 0 Å². The zero-order valence-electron chi connectivity index (χ0n) is 15.3. The van der Waals surface area contributed by atoms with Gasteiger partial charge in [-0.3, -0.25) is 4.90 Å². The molecule has 0 radical (unpaired) electrons. The van der Waals surface area contributed by atoms with Crippen molar-refractivity contribution in [3.05, 3.63) is 64.5 Å². The highest BCUT2D eigenvalue weighted by molar-refractivity contribution is 7.13. The lowest BCUT2D eigenvalue weighted by molar-refractivity contribution is 0.225. The number of thiophene rings is 1. The fourth-order valence-electron chi connectivity index (χ4n) is 2.93. The number of benzene rings is 1. The van der Waals surface area contributed by atoms with Gasteiger partial charge in [-0.15, -0.1) is 21.5 Å². The van der Waals surface area contributed by atoms with E-state index in [9.17, 15) is 0 Å². The smallest absolute Gasteiger partial charge is 0.249 e. The molecule has 3 aromatic heterocycles. The minimum Gasteiger partial charge on any atom is -0.419 e. The summed E-state index contributed by atoms with van der Waals surface area (Å²) in [6.45, 7) is 4.19. The number of rotatable bonds is 8. The molecule has 0 aliphatic carbocycles. The van der Waals surface area contributed by atoms with Crippen molar-refractivity contribution in [1.29, 1.82) is 0 Å². The number of hydrogen-bond donors (Lipinski definition) is 0. The summed E-state index contributed by atoms with van der Waals surface area (Å²) in [5.74, 6) is 1.77. The van der Waals surface area contributed by atoms with Crippen LogP contribution in [0.4, 0.5) is 0 Å². The lowest BCUT2D eigenvalue weighted by atomic mass is 10.2. The zero-order chi connectivity index (χ0) is 19.3. The third kappa shape index (κ3) is 4.32. The molecule has 0 N–H and O–H groups in total. The van der Waals surface area contributed by atoms with E-state index in [-0.39, 0.29) is 0 Å². The summed E-state index contributed by atoms with van der Waals surface area (Å²) in [5, 5.41) is 15.1.